The molecule has 0 aromatic heterocycles. The van der Waals surface area contributed by atoms with Crippen molar-refractivity contribution in [2.75, 3.05) is 10.6 Å². The number of nitrogens with zero attached hydrogens (tertiary/aromatic N) is 1. The smallest absolute Gasteiger partial charge is 0.238 e. The normalized spacial score (nSPS) is 29.4. The zero-order valence-electron chi connectivity index (χ0n) is 9.81. The molecule has 1 heterocycles. The third-order valence-corrected chi connectivity index (χ3v) is 3.95. The molecule has 4 heteroatoms. The van der Waals surface area contributed by atoms with Crippen LogP contribution in [0.2, 0.25) is 0 Å². The lowest BCUT2D eigenvalue weighted by Gasteiger charge is -2.20. The highest BCUT2D eigenvalue weighted by atomic mass is 16.2. The van der Waals surface area contributed by atoms with Crippen molar-refractivity contribution in [3.63, 3.8) is 0 Å². The highest BCUT2D eigenvalue weighted by Crippen LogP contribution is 2.63. The van der Waals surface area contributed by atoms with Gasteiger partial charge in [0.05, 0.1) is 17.5 Å². The summed E-state index contributed by atoms with van der Waals surface area (Å²) in [6, 6.07) is 6.82. The van der Waals surface area contributed by atoms with E-state index in [2.05, 4.69) is 0 Å². The molecule has 0 bridgehead atoms. The average molecular weight is 230 g/mol. The maximum absolute atomic E-state index is 12.1. The van der Waals surface area contributed by atoms with Gasteiger partial charge in [0.2, 0.25) is 11.8 Å². The summed E-state index contributed by atoms with van der Waals surface area (Å²) < 4.78 is 0. The Hall–Kier alpha value is -1.84. The molecule has 2 fully saturated rings. The van der Waals surface area contributed by atoms with E-state index in [0.717, 1.165) is 0 Å². The number of fused-ring (bicyclic) bond motifs is 1. The number of anilines is 2. The fraction of sp³-hybridized carbons (Fsp3) is 0.385. The number of nitrogens with two attached hydrogens (primary N) is 1. The second-order valence-corrected chi connectivity index (χ2v) is 5.38. The van der Waals surface area contributed by atoms with E-state index in [1.807, 2.05) is 13.8 Å². The van der Waals surface area contributed by atoms with Crippen LogP contribution in [-0.4, -0.2) is 11.8 Å². The van der Waals surface area contributed by atoms with Crippen molar-refractivity contribution >= 4 is 23.2 Å². The summed E-state index contributed by atoms with van der Waals surface area (Å²) in [5.74, 6) is -0.412. The third-order valence-electron chi connectivity index (χ3n) is 3.95. The second-order valence-electron chi connectivity index (χ2n) is 5.38. The van der Waals surface area contributed by atoms with Crippen LogP contribution in [0.25, 0.3) is 0 Å². The molecule has 4 nitrogen and oxygen atoms in total. The predicted octanol–water partition coefficient (Wildman–Crippen LogP) is 1.41. The Morgan fingerprint density at radius 2 is 1.53 bits per heavy atom. The number of hydrogen-bond donors (Lipinski definition) is 1. The number of carbonyl (C=O) groups excluding carboxylic acids is 2. The standard InChI is InChI=1S/C13H14N2O2/c1-13(2)9-10(13)12(17)15(11(9)16)8-5-3-7(14)4-6-8/h3-6,9-10H,14H2,1-2H3. The van der Waals surface area contributed by atoms with Crippen molar-refractivity contribution in [3.05, 3.63) is 24.3 Å². The van der Waals surface area contributed by atoms with E-state index in [0.29, 0.717) is 11.4 Å². The lowest BCUT2D eigenvalue weighted by Crippen LogP contribution is -2.36. The molecule has 88 valence electrons. The van der Waals surface area contributed by atoms with E-state index in [1.54, 1.807) is 24.3 Å². The van der Waals surface area contributed by atoms with Crippen LogP contribution >= 0.6 is 0 Å². The van der Waals surface area contributed by atoms with Crippen LogP contribution in [-0.2, 0) is 9.59 Å². The topological polar surface area (TPSA) is 63.4 Å². The minimum Gasteiger partial charge on any atom is -0.399 e. The fourth-order valence-electron chi connectivity index (χ4n) is 2.82. The largest absolute Gasteiger partial charge is 0.399 e. The molecule has 1 saturated carbocycles. The molecule has 2 N–H and O–H groups in total. The van der Waals surface area contributed by atoms with Crippen molar-refractivity contribution in [2.45, 2.75) is 13.8 Å². The average Bonchev–Trinajstić information content (AvgIpc) is 2.72. The maximum Gasteiger partial charge on any atom is 0.238 e. The van der Waals surface area contributed by atoms with Gasteiger partial charge in [0, 0.05) is 5.69 Å². The first-order valence-corrected chi connectivity index (χ1v) is 5.68. The van der Waals surface area contributed by atoms with Crippen LogP contribution in [0.15, 0.2) is 24.3 Å². The van der Waals surface area contributed by atoms with Crippen molar-refractivity contribution in [3.8, 4) is 0 Å². The first-order valence-electron chi connectivity index (χ1n) is 5.68. The summed E-state index contributed by atoms with van der Waals surface area (Å²) in [7, 11) is 0. The molecule has 3 rings (SSSR count). The van der Waals surface area contributed by atoms with Gasteiger partial charge in [-0.25, -0.2) is 0 Å². The number of benzene rings is 1. The molecule has 2 aliphatic rings. The molecule has 2 amide bonds. The van der Waals surface area contributed by atoms with E-state index in [-0.39, 0.29) is 29.1 Å². The monoisotopic (exact) mass is 230 g/mol. The Bertz CT molecular complexity index is 495. The highest BCUT2D eigenvalue weighted by Gasteiger charge is 2.72. The zero-order chi connectivity index (χ0) is 12.4. The van der Waals surface area contributed by atoms with Crippen LogP contribution in [0.4, 0.5) is 11.4 Å². The van der Waals surface area contributed by atoms with Crippen LogP contribution in [0.1, 0.15) is 13.8 Å². The van der Waals surface area contributed by atoms with Gasteiger partial charge >= 0.3 is 0 Å². The van der Waals surface area contributed by atoms with Gasteiger partial charge < -0.3 is 5.73 Å². The van der Waals surface area contributed by atoms with Gasteiger partial charge in [-0.2, -0.15) is 0 Å². The molecule has 2 unspecified atom stereocenters. The van der Waals surface area contributed by atoms with E-state index in [1.165, 1.54) is 4.90 Å². The van der Waals surface area contributed by atoms with Crippen molar-refractivity contribution in [2.24, 2.45) is 17.3 Å². The van der Waals surface area contributed by atoms with Gasteiger partial charge in [-0.1, -0.05) is 13.8 Å². The summed E-state index contributed by atoms with van der Waals surface area (Å²) >= 11 is 0. The van der Waals surface area contributed by atoms with Gasteiger partial charge in [-0.05, 0) is 29.7 Å². The van der Waals surface area contributed by atoms with Gasteiger partial charge in [0.1, 0.15) is 0 Å². The van der Waals surface area contributed by atoms with Crippen molar-refractivity contribution in [1.29, 1.82) is 0 Å². The molecule has 1 aliphatic carbocycles. The van der Waals surface area contributed by atoms with Crippen molar-refractivity contribution < 1.29 is 9.59 Å². The molecule has 1 aromatic rings. The van der Waals surface area contributed by atoms with Gasteiger partial charge in [-0.3, -0.25) is 14.5 Å². The molecular weight excluding hydrogens is 216 g/mol. The fourth-order valence-corrected chi connectivity index (χ4v) is 2.82. The molecular formula is C13H14N2O2. The first kappa shape index (κ1) is 10.3. The number of piperidine rings is 1. The Balaban J connectivity index is 1.95. The van der Waals surface area contributed by atoms with Crippen molar-refractivity contribution in [1.82, 2.24) is 0 Å². The molecule has 0 radical (unpaired) electrons. The Morgan fingerprint density at radius 1 is 1.06 bits per heavy atom. The van der Waals surface area contributed by atoms with Crippen LogP contribution in [0.3, 0.4) is 0 Å². The minimum atomic E-state index is -0.154. The molecule has 1 aliphatic heterocycles. The third kappa shape index (κ3) is 1.18. The molecule has 0 spiro atoms. The zero-order valence-corrected chi connectivity index (χ0v) is 9.81. The molecule has 17 heavy (non-hydrogen) atoms. The van der Waals surface area contributed by atoms with Crippen LogP contribution in [0, 0.1) is 17.3 Å². The lowest BCUT2D eigenvalue weighted by atomic mass is 10.1. The number of nitrogen functional groups attached to an aromatic ring is 1. The van der Waals surface area contributed by atoms with E-state index in [9.17, 15) is 9.59 Å². The SMILES string of the molecule is CC1(C)C2C(=O)N(c3ccc(N)cc3)C(=O)C21. The highest BCUT2D eigenvalue weighted by molar-refractivity contribution is 6.25. The molecule has 1 saturated heterocycles. The maximum atomic E-state index is 12.1. The number of rotatable bonds is 1. The number of hydrogen-bond acceptors (Lipinski definition) is 3. The van der Waals surface area contributed by atoms with E-state index >= 15 is 0 Å². The summed E-state index contributed by atoms with van der Waals surface area (Å²) in [4.78, 5) is 25.6. The number of imide groups is 1. The van der Waals surface area contributed by atoms with Crippen LogP contribution < -0.4 is 10.6 Å². The first-order chi connectivity index (χ1) is 7.94. The summed E-state index contributed by atoms with van der Waals surface area (Å²) in [5.41, 5.74) is 6.68. The Kier molecular flexibility index (Phi) is 1.75. The van der Waals surface area contributed by atoms with Gasteiger partial charge in [-0.15, -0.1) is 0 Å². The van der Waals surface area contributed by atoms with Crippen LogP contribution in [0.5, 0.6) is 0 Å². The number of amides is 2. The summed E-state index contributed by atoms with van der Waals surface area (Å²) in [5, 5.41) is 0. The summed E-state index contributed by atoms with van der Waals surface area (Å²) in [6.07, 6.45) is 0. The van der Waals surface area contributed by atoms with Gasteiger partial charge in [0.15, 0.2) is 0 Å². The quantitative estimate of drug-likeness (QED) is 0.586. The predicted molar refractivity (Wildman–Crippen MR) is 64.1 cm³/mol. The summed E-state index contributed by atoms with van der Waals surface area (Å²) in [6.45, 7) is 3.94. The minimum absolute atomic E-state index is 0.0743. The second kappa shape index (κ2) is 2.88. The Morgan fingerprint density at radius 3 is 2.00 bits per heavy atom. The van der Waals surface area contributed by atoms with E-state index < -0.39 is 0 Å². The lowest BCUT2D eigenvalue weighted by molar-refractivity contribution is -0.125. The molecule has 1 aromatic carbocycles. The van der Waals surface area contributed by atoms with E-state index in [4.69, 9.17) is 5.73 Å². The number of carbonyl (C=O) groups is 2. The molecule has 2 atom stereocenters. The van der Waals surface area contributed by atoms with Gasteiger partial charge in [0.25, 0.3) is 0 Å². The Labute approximate surface area is 99.4 Å².